The fraction of sp³-hybridized carbons (Fsp3) is 0.933. The second-order valence-electron chi connectivity index (χ2n) is 7.86. The van der Waals surface area contributed by atoms with Crippen molar-refractivity contribution in [3.63, 3.8) is 0 Å². The van der Waals surface area contributed by atoms with Crippen molar-refractivity contribution in [1.82, 2.24) is 0 Å². The Morgan fingerprint density at radius 2 is 1.82 bits per heavy atom. The summed E-state index contributed by atoms with van der Waals surface area (Å²) in [5.41, 5.74) is 0.398. The van der Waals surface area contributed by atoms with Gasteiger partial charge in [0.05, 0.1) is 5.41 Å². The van der Waals surface area contributed by atoms with Gasteiger partial charge < -0.3 is 5.11 Å². The van der Waals surface area contributed by atoms with Crippen LogP contribution in [0, 0.1) is 28.1 Å². The van der Waals surface area contributed by atoms with Gasteiger partial charge in [-0.15, -0.1) is 0 Å². The Hall–Kier alpha value is -0.530. The molecule has 4 unspecified atom stereocenters. The largest absolute Gasteiger partial charge is 0.481 e. The highest BCUT2D eigenvalue weighted by Crippen LogP contribution is 2.69. The van der Waals surface area contributed by atoms with Crippen molar-refractivity contribution in [2.45, 2.75) is 59.3 Å². The van der Waals surface area contributed by atoms with Gasteiger partial charge in [-0.05, 0) is 61.2 Å². The van der Waals surface area contributed by atoms with Crippen LogP contribution in [0.15, 0.2) is 0 Å². The molecule has 0 saturated heterocycles. The minimum Gasteiger partial charge on any atom is -0.481 e. The minimum absolute atomic E-state index is 0.315. The van der Waals surface area contributed by atoms with E-state index in [0.29, 0.717) is 10.8 Å². The first-order valence-corrected chi connectivity index (χ1v) is 7.03. The van der Waals surface area contributed by atoms with Crippen molar-refractivity contribution < 1.29 is 9.90 Å². The quantitative estimate of drug-likeness (QED) is 0.753. The summed E-state index contributed by atoms with van der Waals surface area (Å²) in [5.74, 6) is 1.04. The van der Waals surface area contributed by atoms with E-state index in [9.17, 15) is 9.90 Å². The maximum Gasteiger partial charge on any atom is 0.309 e. The molecule has 3 aliphatic rings. The van der Waals surface area contributed by atoms with Crippen LogP contribution in [0.2, 0.25) is 0 Å². The number of fused-ring (bicyclic) bond motifs is 4. The third-order valence-electron chi connectivity index (χ3n) is 6.44. The van der Waals surface area contributed by atoms with Crippen LogP contribution in [-0.2, 0) is 4.79 Å². The van der Waals surface area contributed by atoms with Gasteiger partial charge in [0.15, 0.2) is 0 Å². The van der Waals surface area contributed by atoms with E-state index in [1.807, 2.05) is 0 Å². The summed E-state index contributed by atoms with van der Waals surface area (Å²) in [7, 11) is 0. The predicted molar refractivity (Wildman–Crippen MR) is 66.6 cm³/mol. The Kier molecular flexibility index (Phi) is 2.09. The van der Waals surface area contributed by atoms with E-state index in [4.69, 9.17) is 0 Å². The van der Waals surface area contributed by atoms with E-state index in [1.165, 1.54) is 6.42 Å². The van der Waals surface area contributed by atoms with Crippen molar-refractivity contribution in [2.24, 2.45) is 28.1 Å². The van der Waals surface area contributed by atoms with Crippen LogP contribution < -0.4 is 0 Å². The molecule has 3 rings (SSSR count). The van der Waals surface area contributed by atoms with Crippen LogP contribution in [0.25, 0.3) is 0 Å². The lowest BCUT2D eigenvalue weighted by Crippen LogP contribution is -2.49. The number of hydrogen-bond acceptors (Lipinski definition) is 1. The molecular weight excluding hydrogens is 212 g/mol. The molecule has 0 spiro atoms. The molecule has 0 heterocycles. The maximum atomic E-state index is 11.6. The Bertz CT molecular complexity index is 373. The lowest BCUT2D eigenvalue weighted by molar-refractivity contribution is -0.149. The zero-order valence-electron chi connectivity index (χ0n) is 11.3. The highest BCUT2D eigenvalue weighted by Gasteiger charge is 2.63. The van der Waals surface area contributed by atoms with Crippen molar-refractivity contribution in [1.29, 1.82) is 0 Å². The van der Waals surface area contributed by atoms with Gasteiger partial charge in [0.25, 0.3) is 0 Å². The zero-order valence-corrected chi connectivity index (χ0v) is 11.3. The number of carbonyl (C=O) groups is 1. The van der Waals surface area contributed by atoms with Crippen molar-refractivity contribution in [3.8, 4) is 0 Å². The highest BCUT2D eigenvalue weighted by atomic mass is 16.4. The van der Waals surface area contributed by atoms with Gasteiger partial charge >= 0.3 is 5.97 Å². The molecule has 3 fully saturated rings. The Labute approximate surface area is 104 Å². The van der Waals surface area contributed by atoms with Gasteiger partial charge in [0.1, 0.15) is 0 Å². The second-order valence-corrected chi connectivity index (χ2v) is 7.86. The molecule has 0 radical (unpaired) electrons. The SMILES string of the molecule is CC1(C)CC2C1CCC1(C(=O)O)CCC2(C)C1. The van der Waals surface area contributed by atoms with E-state index in [1.54, 1.807) is 0 Å². The van der Waals surface area contributed by atoms with E-state index in [0.717, 1.165) is 43.9 Å². The summed E-state index contributed by atoms with van der Waals surface area (Å²) in [6.07, 6.45) is 6.36. The Morgan fingerprint density at radius 1 is 1.12 bits per heavy atom. The molecule has 3 saturated carbocycles. The Balaban J connectivity index is 1.94. The molecule has 96 valence electrons. The average Bonchev–Trinajstić information content (AvgIpc) is 2.50. The molecule has 3 aliphatic carbocycles. The van der Waals surface area contributed by atoms with Gasteiger partial charge in [0.2, 0.25) is 0 Å². The predicted octanol–water partition coefficient (Wildman–Crippen LogP) is 3.70. The van der Waals surface area contributed by atoms with E-state index in [2.05, 4.69) is 20.8 Å². The number of carboxylic acid groups (broad SMARTS) is 1. The summed E-state index contributed by atoms with van der Waals surface area (Å²) in [5, 5.41) is 9.58. The molecule has 2 nitrogen and oxygen atoms in total. The summed E-state index contributed by atoms with van der Waals surface area (Å²) >= 11 is 0. The standard InChI is InChI=1S/C15H24O2/c1-13(2)8-11-10(13)4-5-15(12(16)17)7-6-14(11,3)9-15/h10-11H,4-9H2,1-3H3,(H,16,17). The van der Waals surface area contributed by atoms with E-state index in [-0.39, 0.29) is 5.41 Å². The molecule has 2 bridgehead atoms. The normalized spacial score (nSPS) is 51.2. The van der Waals surface area contributed by atoms with Crippen LogP contribution in [0.1, 0.15) is 59.3 Å². The summed E-state index contributed by atoms with van der Waals surface area (Å²) in [6.45, 7) is 7.09. The molecule has 17 heavy (non-hydrogen) atoms. The summed E-state index contributed by atoms with van der Waals surface area (Å²) in [6, 6.07) is 0. The molecule has 4 atom stereocenters. The lowest BCUT2D eigenvalue weighted by atomic mass is 9.47. The first-order chi connectivity index (χ1) is 7.79. The van der Waals surface area contributed by atoms with Crippen LogP contribution in [0.3, 0.4) is 0 Å². The van der Waals surface area contributed by atoms with Crippen molar-refractivity contribution in [3.05, 3.63) is 0 Å². The fourth-order valence-electron chi connectivity index (χ4n) is 5.29. The molecular formula is C15H24O2. The van der Waals surface area contributed by atoms with Gasteiger partial charge in [-0.1, -0.05) is 20.8 Å². The highest BCUT2D eigenvalue weighted by molar-refractivity contribution is 5.75. The average molecular weight is 236 g/mol. The van der Waals surface area contributed by atoms with Crippen LogP contribution in [0.4, 0.5) is 0 Å². The first-order valence-electron chi connectivity index (χ1n) is 7.03. The Morgan fingerprint density at radius 3 is 2.41 bits per heavy atom. The van der Waals surface area contributed by atoms with Gasteiger partial charge in [-0.25, -0.2) is 0 Å². The molecule has 2 heteroatoms. The molecule has 0 aliphatic heterocycles. The smallest absolute Gasteiger partial charge is 0.309 e. The van der Waals surface area contributed by atoms with Crippen molar-refractivity contribution in [2.75, 3.05) is 0 Å². The monoisotopic (exact) mass is 236 g/mol. The fourth-order valence-corrected chi connectivity index (χ4v) is 5.29. The number of hydrogen-bond donors (Lipinski definition) is 1. The maximum absolute atomic E-state index is 11.6. The molecule has 0 aromatic carbocycles. The number of rotatable bonds is 1. The zero-order chi connectivity index (χ0) is 12.5. The third-order valence-corrected chi connectivity index (χ3v) is 6.44. The number of aliphatic carboxylic acids is 1. The third kappa shape index (κ3) is 1.36. The van der Waals surface area contributed by atoms with Gasteiger partial charge in [0, 0.05) is 0 Å². The van der Waals surface area contributed by atoms with Gasteiger partial charge in [-0.2, -0.15) is 0 Å². The van der Waals surface area contributed by atoms with Crippen LogP contribution in [0.5, 0.6) is 0 Å². The van der Waals surface area contributed by atoms with E-state index < -0.39 is 5.97 Å². The van der Waals surface area contributed by atoms with Crippen LogP contribution in [-0.4, -0.2) is 11.1 Å². The van der Waals surface area contributed by atoms with Crippen molar-refractivity contribution >= 4 is 5.97 Å². The van der Waals surface area contributed by atoms with E-state index >= 15 is 0 Å². The molecule has 0 aromatic heterocycles. The summed E-state index contributed by atoms with van der Waals surface area (Å²) < 4.78 is 0. The summed E-state index contributed by atoms with van der Waals surface area (Å²) in [4.78, 5) is 11.6. The van der Waals surface area contributed by atoms with Crippen LogP contribution >= 0.6 is 0 Å². The second kappa shape index (κ2) is 3.07. The lowest BCUT2D eigenvalue weighted by Gasteiger charge is -2.57. The molecule has 0 amide bonds. The molecule has 0 aromatic rings. The number of carboxylic acids is 1. The van der Waals surface area contributed by atoms with Gasteiger partial charge in [-0.3, -0.25) is 4.79 Å². The topological polar surface area (TPSA) is 37.3 Å². The first kappa shape index (κ1) is 11.6. The minimum atomic E-state index is -0.527. The molecule has 1 N–H and O–H groups in total.